The molecular weight excluding hydrogens is 208 g/mol. The lowest BCUT2D eigenvalue weighted by molar-refractivity contribution is 0.838. The van der Waals surface area contributed by atoms with Crippen molar-refractivity contribution < 1.29 is 0 Å². The third kappa shape index (κ3) is 1.82. The Hall–Kier alpha value is -0.0800. The van der Waals surface area contributed by atoms with Gasteiger partial charge in [-0.3, -0.25) is 0 Å². The summed E-state index contributed by atoms with van der Waals surface area (Å²) in [6.45, 7) is 4.63. The van der Waals surface area contributed by atoms with E-state index in [4.69, 9.17) is 0 Å². The fourth-order valence-electron chi connectivity index (χ4n) is 1.88. The van der Waals surface area contributed by atoms with Crippen molar-refractivity contribution in [1.82, 2.24) is 0 Å². The van der Waals surface area contributed by atoms with E-state index in [1.54, 1.807) is 0 Å². The highest BCUT2D eigenvalue weighted by atomic mass is 32.2. The molecule has 0 nitrogen and oxygen atoms in total. The van der Waals surface area contributed by atoms with E-state index in [-0.39, 0.29) is 0 Å². The van der Waals surface area contributed by atoms with Gasteiger partial charge in [0.25, 0.3) is 0 Å². The summed E-state index contributed by atoms with van der Waals surface area (Å²) >= 11 is 4.24. The van der Waals surface area contributed by atoms with Gasteiger partial charge in [-0.25, -0.2) is 0 Å². The van der Waals surface area contributed by atoms with Gasteiger partial charge in [-0.1, -0.05) is 44.2 Å². The van der Waals surface area contributed by atoms with Crippen LogP contribution in [0.2, 0.25) is 0 Å². The summed E-state index contributed by atoms with van der Waals surface area (Å²) in [5.74, 6) is 1.29. The van der Waals surface area contributed by atoms with Crippen LogP contribution in [0, 0.1) is 0 Å². The molecule has 0 saturated carbocycles. The van der Waals surface area contributed by atoms with Crippen molar-refractivity contribution in [2.24, 2.45) is 0 Å². The Morgan fingerprint density at radius 2 is 2.07 bits per heavy atom. The van der Waals surface area contributed by atoms with E-state index < -0.39 is 0 Å². The average Bonchev–Trinajstić information content (AvgIpc) is 2.63. The molecule has 2 rings (SSSR count). The zero-order chi connectivity index (χ0) is 10.0. The third-order valence-electron chi connectivity index (χ3n) is 2.62. The van der Waals surface area contributed by atoms with Gasteiger partial charge in [-0.05, 0) is 12.0 Å². The van der Waals surface area contributed by atoms with Crippen molar-refractivity contribution in [3.63, 3.8) is 0 Å². The van der Waals surface area contributed by atoms with Crippen molar-refractivity contribution in [3.8, 4) is 0 Å². The molecule has 0 N–H and O–H groups in total. The van der Waals surface area contributed by atoms with Gasteiger partial charge in [0.1, 0.15) is 0 Å². The molecule has 1 aromatic carbocycles. The molecule has 0 aliphatic carbocycles. The monoisotopic (exact) mass is 224 g/mol. The summed E-state index contributed by atoms with van der Waals surface area (Å²) in [5.41, 5.74) is 1.49. The SMILES string of the molecule is CCC1(c2ccccc2)SCC(C)S1. The molecule has 1 aliphatic rings. The second-order valence-corrected chi connectivity index (χ2v) is 7.03. The van der Waals surface area contributed by atoms with E-state index in [1.807, 2.05) is 0 Å². The van der Waals surface area contributed by atoms with Crippen molar-refractivity contribution >= 4 is 23.5 Å². The molecule has 1 fully saturated rings. The minimum absolute atomic E-state index is 0.334. The van der Waals surface area contributed by atoms with E-state index in [1.165, 1.54) is 17.7 Å². The molecule has 1 heterocycles. The van der Waals surface area contributed by atoms with Gasteiger partial charge < -0.3 is 0 Å². The molecule has 2 heteroatoms. The minimum atomic E-state index is 0.334. The maximum absolute atomic E-state index is 2.33. The second kappa shape index (κ2) is 4.19. The largest absolute Gasteiger partial charge is 0.138 e. The molecule has 76 valence electrons. The molecule has 2 unspecified atom stereocenters. The molecule has 0 bridgehead atoms. The summed E-state index contributed by atoms with van der Waals surface area (Å²) in [7, 11) is 0. The molecule has 1 aromatic rings. The smallest absolute Gasteiger partial charge is 0.0860 e. The fraction of sp³-hybridized carbons (Fsp3) is 0.500. The van der Waals surface area contributed by atoms with E-state index in [2.05, 4.69) is 67.7 Å². The van der Waals surface area contributed by atoms with E-state index in [9.17, 15) is 0 Å². The number of hydrogen-bond acceptors (Lipinski definition) is 2. The minimum Gasteiger partial charge on any atom is -0.138 e. The number of rotatable bonds is 2. The Kier molecular flexibility index (Phi) is 3.13. The van der Waals surface area contributed by atoms with Gasteiger partial charge in [0.15, 0.2) is 0 Å². The van der Waals surface area contributed by atoms with Crippen molar-refractivity contribution in [3.05, 3.63) is 35.9 Å². The van der Waals surface area contributed by atoms with Gasteiger partial charge in [0.05, 0.1) is 4.08 Å². The summed E-state index contributed by atoms with van der Waals surface area (Å²) in [6.07, 6.45) is 1.22. The van der Waals surface area contributed by atoms with Gasteiger partial charge in [0, 0.05) is 11.0 Å². The van der Waals surface area contributed by atoms with Crippen LogP contribution in [-0.4, -0.2) is 11.0 Å². The predicted octanol–water partition coefficient (Wildman–Crippen LogP) is 4.12. The van der Waals surface area contributed by atoms with Crippen molar-refractivity contribution in [1.29, 1.82) is 0 Å². The number of benzene rings is 1. The molecule has 1 saturated heterocycles. The summed E-state index contributed by atoms with van der Waals surface area (Å²) in [5, 5.41) is 0.792. The van der Waals surface area contributed by atoms with Crippen LogP contribution in [0.25, 0.3) is 0 Å². The highest BCUT2D eigenvalue weighted by molar-refractivity contribution is 8.20. The van der Waals surface area contributed by atoms with Crippen LogP contribution in [0.4, 0.5) is 0 Å². The molecule has 14 heavy (non-hydrogen) atoms. The first kappa shape index (κ1) is 10.4. The van der Waals surface area contributed by atoms with Crippen LogP contribution in [0.3, 0.4) is 0 Å². The summed E-state index contributed by atoms with van der Waals surface area (Å²) in [4.78, 5) is 0. The molecular formula is C12H16S2. The van der Waals surface area contributed by atoms with Crippen LogP contribution >= 0.6 is 23.5 Å². The quantitative estimate of drug-likeness (QED) is 0.741. The van der Waals surface area contributed by atoms with Crippen molar-refractivity contribution in [2.75, 3.05) is 5.75 Å². The number of hydrogen-bond donors (Lipinski definition) is 0. The standard InChI is InChI=1S/C12H16S2/c1-3-12(13-9-10(2)14-12)11-7-5-4-6-8-11/h4-8,10H,3,9H2,1-2H3. The highest BCUT2D eigenvalue weighted by Crippen LogP contribution is 2.56. The Morgan fingerprint density at radius 3 is 2.57 bits per heavy atom. The second-order valence-electron chi connectivity index (χ2n) is 3.71. The van der Waals surface area contributed by atoms with Gasteiger partial charge in [0.2, 0.25) is 0 Å². The van der Waals surface area contributed by atoms with Crippen LogP contribution in [0.1, 0.15) is 25.8 Å². The first-order valence-electron chi connectivity index (χ1n) is 5.14. The van der Waals surface area contributed by atoms with Crippen LogP contribution < -0.4 is 0 Å². The third-order valence-corrected chi connectivity index (χ3v) is 6.61. The molecule has 1 aliphatic heterocycles. The Labute approximate surface area is 94.9 Å². The van der Waals surface area contributed by atoms with Gasteiger partial charge in [-0.2, -0.15) is 0 Å². The Bertz CT molecular complexity index is 296. The normalized spacial score (nSPS) is 32.0. The Morgan fingerprint density at radius 1 is 1.36 bits per heavy atom. The molecule has 0 aromatic heterocycles. The predicted molar refractivity (Wildman–Crippen MR) is 67.9 cm³/mol. The zero-order valence-electron chi connectivity index (χ0n) is 8.69. The van der Waals surface area contributed by atoms with Gasteiger partial charge in [-0.15, -0.1) is 23.5 Å². The average molecular weight is 224 g/mol. The summed E-state index contributed by atoms with van der Waals surface area (Å²) < 4.78 is 0.334. The topological polar surface area (TPSA) is 0 Å². The highest BCUT2D eigenvalue weighted by Gasteiger charge is 2.38. The lowest BCUT2D eigenvalue weighted by Crippen LogP contribution is -2.12. The molecule has 0 amide bonds. The summed E-state index contributed by atoms with van der Waals surface area (Å²) in [6, 6.07) is 10.9. The van der Waals surface area contributed by atoms with Crippen molar-refractivity contribution in [2.45, 2.75) is 29.6 Å². The maximum Gasteiger partial charge on any atom is 0.0860 e. The lowest BCUT2D eigenvalue weighted by atomic mass is 10.1. The van der Waals surface area contributed by atoms with Crippen LogP contribution in [-0.2, 0) is 4.08 Å². The van der Waals surface area contributed by atoms with E-state index in [0.29, 0.717) is 4.08 Å². The van der Waals surface area contributed by atoms with E-state index >= 15 is 0 Å². The lowest BCUT2D eigenvalue weighted by Gasteiger charge is -2.26. The molecule has 2 atom stereocenters. The zero-order valence-corrected chi connectivity index (χ0v) is 10.3. The van der Waals surface area contributed by atoms with Gasteiger partial charge >= 0.3 is 0 Å². The number of thioether (sulfide) groups is 2. The maximum atomic E-state index is 2.33. The fourth-order valence-corrected chi connectivity index (χ4v) is 5.42. The van der Waals surface area contributed by atoms with E-state index in [0.717, 1.165) is 5.25 Å². The first-order valence-corrected chi connectivity index (χ1v) is 7.00. The molecule has 0 radical (unpaired) electrons. The van der Waals surface area contributed by atoms with Crippen LogP contribution in [0.15, 0.2) is 30.3 Å². The van der Waals surface area contributed by atoms with Crippen LogP contribution in [0.5, 0.6) is 0 Å². The first-order chi connectivity index (χ1) is 6.77. The molecule has 0 spiro atoms. The Balaban J connectivity index is 2.30.